The van der Waals surface area contributed by atoms with Crippen LogP contribution in [0, 0.1) is 6.92 Å². The van der Waals surface area contributed by atoms with Gasteiger partial charge >= 0.3 is 5.76 Å². The summed E-state index contributed by atoms with van der Waals surface area (Å²) in [5.74, 6) is -3.08. The highest BCUT2D eigenvalue weighted by molar-refractivity contribution is 7.89. The van der Waals surface area contributed by atoms with Crippen molar-refractivity contribution in [2.75, 3.05) is 5.73 Å². The third-order valence-electron chi connectivity index (χ3n) is 2.42. The molecule has 0 fully saturated rings. The first-order chi connectivity index (χ1) is 10.8. The topological polar surface area (TPSA) is 115 Å². The molecule has 1 unspecified atom stereocenters. The lowest BCUT2D eigenvalue weighted by Gasteiger charge is -2.05. The van der Waals surface area contributed by atoms with E-state index in [4.69, 9.17) is 10.3 Å². The zero-order valence-corrected chi connectivity index (χ0v) is 12.3. The Balaban J connectivity index is 2.48. The maximum atomic E-state index is 12.6. The van der Waals surface area contributed by atoms with E-state index in [2.05, 4.69) is 24.1 Å². The van der Waals surface area contributed by atoms with Gasteiger partial charge in [-0.15, -0.1) is 10.2 Å². The second-order valence-electron chi connectivity index (χ2n) is 4.17. The van der Waals surface area contributed by atoms with E-state index >= 15 is 0 Å². The third kappa shape index (κ3) is 4.04. The molecule has 0 saturated carbocycles. The number of benzene rings is 1. The van der Waals surface area contributed by atoms with E-state index in [1.54, 1.807) is 6.92 Å². The Kier molecular flexibility index (Phi) is 4.95. The molecule has 0 saturated heterocycles. The Bertz CT molecular complexity index is 845. The van der Waals surface area contributed by atoms with Crippen molar-refractivity contribution in [3.63, 3.8) is 0 Å². The van der Waals surface area contributed by atoms with Gasteiger partial charge in [0.1, 0.15) is 17.1 Å². The van der Waals surface area contributed by atoms with Gasteiger partial charge in [0.05, 0.1) is 0 Å². The highest BCUT2D eigenvalue weighted by Crippen LogP contribution is 2.33. The molecular weight excluding hydrogens is 339 g/mol. The molecule has 1 atom stereocenters. The van der Waals surface area contributed by atoms with Gasteiger partial charge in [-0.2, -0.15) is 13.1 Å². The minimum absolute atomic E-state index is 0.0923. The predicted octanol–water partition coefficient (Wildman–Crippen LogP) is 4.12. The summed E-state index contributed by atoms with van der Waals surface area (Å²) in [5.41, 5.74) is 5.14. The number of hydrogen-bond acceptors (Lipinski definition) is 8. The van der Waals surface area contributed by atoms with Crippen LogP contribution < -0.4 is 5.73 Å². The molecule has 2 aromatic rings. The average molecular weight is 349 g/mol. The maximum absolute atomic E-state index is 12.6. The second-order valence-corrected chi connectivity index (χ2v) is 5.87. The Morgan fingerprint density at radius 2 is 2.04 bits per heavy atom. The van der Waals surface area contributed by atoms with Gasteiger partial charge in [-0.1, -0.05) is 9.54 Å². The van der Waals surface area contributed by atoms with Crippen LogP contribution in [0.3, 0.4) is 0 Å². The monoisotopic (exact) mass is 349 g/mol. The first-order valence-electron chi connectivity index (χ1n) is 5.93. The third-order valence-corrected chi connectivity index (χ3v) is 3.50. The zero-order valence-electron chi connectivity index (χ0n) is 11.5. The minimum atomic E-state index is -4.88. The molecule has 2 rings (SSSR count). The van der Waals surface area contributed by atoms with Gasteiger partial charge < -0.3 is 10.3 Å². The van der Waals surface area contributed by atoms with Crippen molar-refractivity contribution < 1.29 is 26.4 Å². The molecule has 8 nitrogen and oxygen atoms in total. The van der Waals surface area contributed by atoms with Gasteiger partial charge in [-0.3, -0.25) is 0 Å². The SMILES string of the molecule is Cc1cc(N=Nc2ccc(N)cc2N=S(=O)(OF)C(F)F)no1. The molecule has 0 radical (unpaired) electrons. The van der Waals surface area contributed by atoms with Crippen LogP contribution in [0.2, 0.25) is 0 Å². The summed E-state index contributed by atoms with van der Waals surface area (Å²) in [6, 6.07) is 5.18. The van der Waals surface area contributed by atoms with Gasteiger partial charge in [0.25, 0.3) is 10.0 Å². The molecule has 0 amide bonds. The van der Waals surface area contributed by atoms with Gasteiger partial charge in [-0.25, -0.2) is 4.21 Å². The summed E-state index contributed by atoms with van der Waals surface area (Å²) in [6.07, 6.45) is 0. The van der Waals surface area contributed by atoms with Gasteiger partial charge in [-0.05, 0) is 29.6 Å². The highest BCUT2D eigenvalue weighted by atomic mass is 32.2. The number of rotatable bonds is 5. The van der Waals surface area contributed by atoms with Crippen LogP contribution in [0.25, 0.3) is 0 Å². The van der Waals surface area contributed by atoms with Crippen molar-refractivity contribution in [3.8, 4) is 0 Å². The number of nitrogens with zero attached hydrogens (tertiary/aromatic N) is 4. The number of azo groups is 1. The lowest BCUT2D eigenvalue weighted by Crippen LogP contribution is -2.10. The van der Waals surface area contributed by atoms with Gasteiger partial charge in [0, 0.05) is 11.8 Å². The van der Waals surface area contributed by atoms with Crippen molar-refractivity contribution in [2.45, 2.75) is 12.7 Å². The molecule has 0 aliphatic carbocycles. The fraction of sp³-hybridized carbons (Fsp3) is 0.182. The standard InChI is InChI=1S/C11H10F3N5O3S/c1-6-4-10(18-21-6)17-16-8-3-2-7(15)5-9(8)19-23(20,22-14)11(12)13/h2-5,11H,15H2,1H3. The second kappa shape index (κ2) is 6.75. The molecule has 1 aromatic carbocycles. The minimum Gasteiger partial charge on any atom is -0.399 e. The number of nitrogens with two attached hydrogens (primary N) is 1. The first kappa shape index (κ1) is 16.9. The van der Waals surface area contributed by atoms with Crippen molar-refractivity contribution in [1.82, 2.24) is 5.16 Å². The number of aryl methyl sites for hydroxylation is 1. The number of alkyl halides is 2. The Hall–Kier alpha value is -2.47. The predicted molar refractivity (Wildman–Crippen MR) is 74.7 cm³/mol. The average Bonchev–Trinajstić information content (AvgIpc) is 2.91. The molecule has 0 aliphatic heterocycles. The van der Waals surface area contributed by atoms with Crippen molar-refractivity contribution >= 4 is 32.9 Å². The summed E-state index contributed by atoms with van der Waals surface area (Å²) in [6.45, 7) is 1.63. The lowest BCUT2D eigenvalue weighted by atomic mass is 10.2. The number of halogens is 3. The molecule has 2 N–H and O–H groups in total. The quantitative estimate of drug-likeness (QED) is 0.644. The molecule has 0 bridgehead atoms. The normalized spacial score (nSPS) is 14.3. The van der Waals surface area contributed by atoms with Crippen molar-refractivity contribution in [1.29, 1.82) is 0 Å². The number of hydrogen-bond donors (Lipinski definition) is 1. The molecule has 1 heterocycles. The number of anilines is 1. The first-order valence-corrected chi connectivity index (χ1v) is 7.43. The van der Waals surface area contributed by atoms with Gasteiger partial charge in [0.15, 0.2) is 0 Å². The van der Waals surface area contributed by atoms with Crippen LogP contribution in [0.1, 0.15) is 5.76 Å². The lowest BCUT2D eigenvalue weighted by molar-refractivity contribution is -0.000950. The van der Waals surface area contributed by atoms with E-state index in [-0.39, 0.29) is 22.9 Å². The summed E-state index contributed by atoms with van der Waals surface area (Å²) in [5, 5.41) is 11.0. The van der Waals surface area contributed by atoms with Gasteiger partial charge in [0.2, 0.25) is 5.82 Å². The van der Waals surface area contributed by atoms with Crippen LogP contribution in [-0.4, -0.2) is 15.1 Å². The number of nitrogen functional groups attached to an aromatic ring is 1. The van der Waals surface area contributed by atoms with E-state index in [1.807, 2.05) is 0 Å². The molecule has 124 valence electrons. The van der Waals surface area contributed by atoms with Crippen molar-refractivity contribution in [2.24, 2.45) is 14.6 Å². The fourth-order valence-electron chi connectivity index (χ4n) is 1.42. The van der Waals surface area contributed by atoms with E-state index in [0.717, 1.165) is 6.07 Å². The van der Waals surface area contributed by atoms with E-state index < -0.39 is 15.8 Å². The van der Waals surface area contributed by atoms with Crippen LogP contribution in [-0.2, 0) is 14.4 Å². The van der Waals surface area contributed by atoms with Crippen LogP contribution in [0.4, 0.5) is 36.2 Å². The molecule has 0 spiro atoms. The summed E-state index contributed by atoms with van der Waals surface area (Å²) >= 11 is 0. The molecule has 1 aromatic heterocycles. The Labute approximate surface area is 128 Å². The van der Waals surface area contributed by atoms with E-state index in [0.29, 0.717) is 5.76 Å². The van der Waals surface area contributed by atoms with Crippen LogP contribution in [0.5, 0.6) is 0 Å². The zero-order chi connectivity index (χ0) is 17.0. The van der Waals surface area contributed by atoms with E-state index in [1.165, 1.54) is 18.2 Å². The van der Waals surface area contributed by atoms with Crippen molar-refractivity contribution in [3.05, 3.63) is 30.0 Å². The van der Waals surface area contributed by atoms with Crippen LogP contribution in [0.15, 0.2) is 43.4 Å². The largest absolute Gasteiger partial charge is 0.399 e. The molecular formula is C11H10F3N5O3S. The Morgan fingerprint density at radius 1 is 1.30 bits per heavy atom. The molecule has 23 heavy (non-hydrogen) atoms. The number of aromatic nitrogens is 1. The molecule has 0 aliphatic rings. The summed E-state index contributed by atoms with van der Waals surface area (Å²) < 4.78 is 59.6. The summed E-state index contributed by atoms with van der Waals surface area (Å²) in [7, 11) is -4.88. The summed E-state index contributed by atoms with van der Waals surface area (Å²) in [4.78, 5) is 0. The van der Waals surface area contributed by atoms with Crippen LogP contribution >= 0.6 is 0 Å². The fourth-order valence-corrected chi connectivity index (χ4v) is 2.01. The van der Waals surface area contributed by atoms with E-state index in [9.17, 15) is 17.5 Å². The maximum Gasteiger partial charge on any atom is 0.345 e. The highest BCUT2D eigenvalue weighted by Gasteiger charge is 2.25. The smallest absolute Gasteiger partial charge is 0.345 e. The Morgan fingerprint density at radius 3 is 2.61 bits per heavy atom. The molecule has 12 heteroatoms.